The molecule has 0 aromatic heterocycles. The van der Waals surface area contributed by atoms with E-state index in [-0.39, 0.29) is 23.1 Å². The highest BCUT2D eigenvalue weighted by molar-refractivity contribution is 6.01. The second kappa shape index (κ2) is 6.47. The monoisotopic (exact) mass is 280 g/mol. The lowest BCUT2D eigenvalue weighted by Crippen LogP contribution is -2.20. The topological polar surface area (TPSA) is 67.4 Å². The molecule has 1 heterocycles. The zero-order valence-electron chi connectivity index (χ0n) is 11.2. The van der Waals surface area contributed by atoms with Crippen molar-refractivity contribution in [2.45, 2.75) is 12.8 Å². The van der Waals surface area contributed by atoms with Gasteiger partial charge in [0.2, 0.25) is 5.91 Å². The summed E-state index contributed by atoms with van der Waals surface area (Å²) in [6.07, 6.45) is 1.30. The molecule has 1 saturated heterocycles. The third-order valence-corrected chi connectivity index (χ3v) is 3.30. The molecule has 1 aromatic carbocycles. The molecule has 1 unspecified atom stereocenters. The molecule has 108 valence electrons. The Labute approximate surface area is 116 Å². The summed E-state index contributed by atoms with van der Waals surface area (Å²) in [5, 5.41) is 5.76. The number of hydrogen-bond donors (Lipinski definition) is 2. The van der Waals surface area contributed by atoms with Crippen LogP contribution in [0.25, 0.3) is 0 Å². The molecule has 1 fully saturated rings. The molecular formula is C14H17FN2O3. The maximum atomic E-state index is 13.3. The van der Waals surface area contributed by atoms with Gasteiger partial charge in [0.15, 0.2) is 0 Å². The summed E-state index contributed by atoms with van der Waals surface area (Å²) in [7, 11) is 1.24. The molecule has 2 N–H and O–H groups in total. The fraction of sp³-hybridized carbons (Fsp3) is 0.429. The normalized spacial score (nSPS) is 17.8. The first-order chi connectivity index (χ1) is 9.60. The largest absolute Gasteiger partial charge is 0.465 e. The number of ether oxygens (including phenoxy) is 1. The van der Waals surface area contributed by atoms with Crippen molar-refractivity contribution in [3.63, 3.8) is 0 Å². The number of anilines is 1. The van der Waals surface area contributed by atoms with Crippen molar-refractivity contribution >= 4 is 17.6 Å². The molecule has 1 aliphatic heterocycles. The van der Waals surface area contributed by atoms with E-state index < -0.39 is 11.8 Å². The summed E-state index contributed by atoms with van der Waals surface area (Å²) in [6.45, 7) is 1.71. The van der Waals surface area contributed by atoms with Crippen LogP contribution in [0.1, 0.15) is 23.2 Å². The van der Waals surface area contributed by atoms with E-state index in [1.807, 2.05) is 0 Å². The number of methoxy groups -OCH3 is 1. The fourth-order valence-electron chi connectivity index (χ4n) is 2.26. The van der Waals surface area contributed by atoms with Crippen LogP contribution in [0.3, 0.4) is 0 Å². The molecule has 0 bridgehead atoms. The number of halogens is 1. The molecule has 2 rings (SSSR count). The Kier molecular flexibility index (Phi) is 4.68. The van der Waals surface area contributed by atoms with Crippen molar-refractivity contribution in [2.75, 3.05) is 25.5 Å². The number of benzene rings is 1. The number of rotatable bonds is 4. The van der Waals surface area contributed by atoms with Gasteiger partial charge in [0, 0.05) is 6.42 Å². The summed E-state index contributed by atoms with van der Waals surface area (Å²) in [5.74, 6) is -1.07. The number of hydrogen-bond acceptors (Lipinski definition) is 4. The summed E-state index contributed by atoms with van der Waals surface area (Å²) >= 11 is 0. The molecule has 1 amide bonds. The molecule has 0 saturated carbocycles. The number of carbonyl (C=O) groups excluding carboxylic acids is 2. The molecule has 1 aromatic rings. The minimum atomic E-state index is -0.608. The van der Waals surface area contributed by atoms with E-state index in [0.717, 1.165) is 31.6 Å². The second-order valence-corrected chi connectivity index (χ2v) is 4.79. The van der Waals surface area contributed by atoms with E-state index in [9.17, 15) is 14.0 Å². The quantitative estimate of drug-likeness (QED) is 0.821. The van der Waals surface area contributed by atoms with Gasteiger partial charge in [-0.2, -0.15) is 0 Å². The lowest BCUT2D eigenvalue weighted by atomic mass is 10.0. The number of amides is 1. The Balaban J connectivity index is 2.08. The van der Waals surface area contributed by atoms with Crippen molar-refractivity contribution in [3.05, 3.63) is 29.6 Å². The van der Waals surface area contributed by atoms with Crippen molar-refractivity contribution < 1.29 is 18.7 Å². The highest BCUT2D eigenvalue weighted by Crippen LogP contribution is 2.20. The third-order valence-electron chi connectivity index (χ3n) is 3.30. The smallest absolute Gasteiger partial charge is 0.339 e. The maximum Gasteiger partial charge on any atom is 0.339 e. The van der Waals surface area contributed by atoms with E-state index in [1.54, 1.807) is 0 Å². The van der Waals surface area contributed by atoms with Gasteiger partial charge in [-0.1, -0.05) is 0 Å². The van der Waals surface area contributed by atoms with Crippen LogP contribution in [0.4, 0.5) is 10.1 Å². The minimum Gasteiger partial charge on any atom is -0.465 e. The van der Waals surface area contributed by atoms with Crippen LogP contribution in [0, 0.1) is 11.7 Å². The zero-order chi connectivity index (χ0) is 14.5. The average Bonchev–Trinajstić information content (AvgIpc) is 2.90. The summed E-state index contributed by atoms with van der Waals surface area (Å²) in [6, 6.07) is 3.58. The van der Waals surface area contributed by atoms with Crippen molar-refractivity contribution in [3.8, 4) is 0 Å². The first-order valence-corrected chi connectivity index (χ1v) is 6.48. The van der Waals surface area contributed by atoms with Crippen molar-refractivity contribution in [2.24, 2.45) is 5.92 Å². The number of nitrogens with one attached hydrogen (secondary N) is 2. The maximum absolute atomic E-state index is 13.3. The average molecular weight is 280 g/mol. The molecule has 6 heteroatoms. The third kappa shape index (κ3) is 3.54. The van der Waals surface area contributed by atoms with E-state index in [4.69, 9.17) is 0 Å². The van der Waals surface area contributed by atoms with Gasteiger partial charge in [-0.25, -0.2) is 9.18 Å². The highest BCUT2D eigenvalue weighted by Gasteiger charge is 2.20. The summed E-state index contributed by atoms with van der Waals surface area (Å²) < 4.78 is 17.9. The first kappa shape index (κ1) is 14.5. The van der Waals surface area contributed by atoms with E-state index in [0.29, 0.717) is 6.42 Å². The Morgan fingerprint density at radius 2 is 2.30 bits per heavy atom. The van der Waals surface area contributed by atoms with Crippen LogP contribution in [-0.4, -0.2) is 32.1 Å². The molecule has 20 heavy (non-hydrogen) atoms. The molecule has 0 radical (unpaired) electrons. The van der Waals surface area contributed by atoms with Gasteiger partial charge in [-0.15, -0.1) is 0 Å². The number of carbonyl (C=O) groups is 2. The highest BCUT2D eigenvalue weighted by atomic mass is 19.1. The van der Waals surface area contributed by atoms with E-state index in [1.165, 1.54) is 13.2 Å². The molecule has 1 atom stereocenters. The Morgan fingerprint density at radius 3 is 2.95 bits per heavy atom. The van der Waals surface area contributed by atoms with Crippen LogP contribution in [0.15, 0.2) is 18.2 Å². The van der Waals surface area contributed by atoms with Gasteiger partial charge in [-0.05, 0) is 43.6 Å². The zero-order valence-corrected chi connectivity index (χ0v) is 11.2. The van der Waals surface area contributed by atoms with Gasteiger partial charge in [0.25, 0.3) is 0 Å². The summed E-state index contributed by atoms with van der Waals surface area (Å²) in [4.78, 5) is 23.5. The van der Waals surface area contributed by atoms with Crippen LogP contribution < -0.4 is 10.6 Å². The Hall–Kier alpha value is -1.95. The second-order valence-electron chi connectivity index (χ2n) is 4.79. The predicted molar refractivity (Wildman–Crippen MR) is 72.0 cm³/mol. The lowest BCUT2D eigenvalue weighted by Gasteiger charge is -2.12. The molecule has 0 spiro atoms. The van der Waals surface area contributed by atoms with Gasteiger partial charge < -0.3 is 15.4 Å². The lowest BCUT2D eigenvalue weighted by molar-refractivity contribution is -0.116. The van der Waals surface area contributed by atoms with Crippen LogP contribution >= 0.6 is 0 Å². The minimum absolute atomic E-state index is 0.145. The molecule has 0 aliphatic carbocycles. The molecule has 1 aliphatic rings. The predicted octanol–water partition coefficient (Wildman–Crippen LogP) is 1.55. The van der Waals surface area contributed by atoms with Crippen LogP contribution in [0.5, 0.6) is 0 Å². The summed E-state index contributed by atoms with van der Waals surface area (Å²) in [5.41, 5.74) is 0.291. The van der Waals surface area contributed by atoms with Gasteiger partial charge >= 0.3 is 5.97 Å². The van der Waals surface area contributed by atoms with E-state index in [2.05, 4.69) is 15.4 Å². The molecular weight excluding hydrogens is 263 g/mol. The first-order valence-electron chi connectivity index (χ1n) is 6.48. The van der Waals surface area contributed by atoms with Gasteiger partial charge in [0.1, 0.15) is 5.82 Å². The fourth-order valence-corrected chi connectivity index (χ4v) is 2.26. The standard InChI is InChI=1S/C14H17FN2O3/c1-20-14(19)11-3-2-10(15)7-12(11)17-13(18)6-9-4-5-16-8-9/h2-3,7,9,16H,4-6,8H2,1H3,(H,17,18). The van der Waals surface area contributed by atoms with Crippen molar-refractivity contribution in [1.82, 2.24) is 5.32 Å². The Morgan fingerprint density at radius 1 is 1.50 bits per heavy atom. The van der Waals surface area contributed by atoms with Crippen LogP contribution in [0.2, 0.25) is 0 Å². The Bertz CT molecular complexity index is 513. The van der Waals surface area contributed by atoms with Gasteiger partial charge in [0.05, 0.1) is 18.4 Å². The molecule has 5 nitrogen and oxygen atoms in total. The van der Waals surface area contributed by atoms with E-state index >= 15 is 0 Å². The van der Waals surface area contributed by atoms with Crippen LogP contribution in [-0.2, 0) is 9.53 Å². The van der Waals surface area contributed by atoms with Gasteiger partial charge in [-0.3, -0.25) is 4.79 Å². The van der Waals surface area contributed by atoms with Crippen molar-refractivity contribution in [1.29, 1.82) is 0 Å². The SMILES string of the molecule is COC(=O)c1ccc(F)cc1NC(=O)CC1CCNC1. The number of esters is 1.